The van der Waals surface area contributed by atoms with Crippen molar-refractivity contribution in [3.05, 3.63) is 52.2 Å². The van der Waals surface area contributed by atoms with Gasteiger partial charge in [-0.1, -0.05) is 26.0 Å². The lowest BCUT2D eigenvalue weighted by atomic mass is 10.1. The zero-order chi connectivity index (χ0) is 16.4. The van der Waals surface area contributed by atoms with E-state index in [1.54, 1.807) is 7.11 Å². The molecule has 0 spiro atoms. The molecule has 7 heteroatoms. The van der Waals surface area contributed by atoms with Gasteiger partial charge >= 0.3 is 0 Å². The third kappa shape index (κ3) is 3.03. The van der Waals surface area contributed by atoms with Gasteiger partial charge in [0, 0.05) is 6.07 Å². The van der Waals surface area contributed by atoms with Gasteiger partial charge < -0.3 is 10.1 Å². The second-order valence-corrected chi connectivity index (χ2v) is 5.53. The van der Waals surface area contributed by atoms with Crippen LogP contribution in [0.5, 0.6) is 5.75 Å². The van der Waals surface area contributed by atoms with Gasteiger partial charge in [0.2, 0.25) is 0 Å². The van der Waals surface area contributed by atoms with Crippen LogP contribution >= 0.6 is 0 Å². The Kier molecular flexibility index (Phi) is 4.01. The zero-order valence-corrected chi connectivity index (χ0v) is 13.3. The second-order valence-electron chi connectivity index (χ2n) is 5.53. The van der Waals surface area contributed by atoms with Crippen molar-refractivity contribution in [2.24, 2.45) is 0 Å². The molecule has 0 aliphatic carbocycles. The Balaban J connectivity index is 1.86. The molecule has 23 heavy (non-hydrogen) atoms. The first-order valence-electron chi connectivity index (χ1n) is 7.44. The number of aromatic amines is 1. The quantitative estimate of drug-likeness (QED) is 0.754. The monoisotopic (exact) mass is 313 g/mol. The van der Waals surface area contributed by atoms with Gasteiger partial charge in [-0.2, -0.15) is 9.50 Å². The van der Waals surface area contributed by atoms with E-state index < -0.39 is 0 Å². The zero-order valence-electron chi connectivity index (χ0n) is 13.3. The van der Waals surface area contributed by atoms with E-state index in [2.05, 4.69) is 20.4 Å². The normalized spacial score (nSPS) is 11.1. The number of ether oxygens (including phenoxy) is 1. The van der Waals surface area contributed by atoms with E-state index in [0.717, 1.165) is 17.1 Å². The molecular formula is C16H19N5O2. The molecule has 0 fully saturated rings. The minimum atomic E-state index is -0.158. The van der Waals surface area contributed by atoms with Gasteiger partial charge in [0.15, 0.2) is 0 Å². The molecule has 0 aliphatic rings. The fourth-order valence-electron chi connectivity index (χ4n) is 2.29. The maximum atomic E-state index is 12.1. The molecule has 0 radical (unpaired) electrons. The molecule has 2 aromatic heterocycles. The average molecular weight is 313 g/mol. The summed E-state index contributed by atoms with van der Waals surface area (Å²) in [4.78, 5) is 20.9. The molecule has 1 aromatic carbocycles. The van der Waals surface area contributed by atoms with E-state index in [0.29, 0.717) is 18.1 Å². The number of hydrogen-bond donors (Lipinski definition) is 2. The molecule has 0 saturated carbocycles. The van der Waals surface area contributed by atoms with Crippen molar-refractivity contribution in [3.8, 4) is 5.75 Å². The van der Waals surface area contributed by atoms with Gasteiger partial charge in [0.05, 0.1) is 25.0 Å². The van der Waals surface area contributed by atoms with Crippen molar-refractivity contribution in [1.82, 2.24) is 19.6 Å². The highest BCUT2D eigenvalue weighted by molar-refractivity contribution is 5.56. The van der Waals surface area contributed by atoms with Crippen LogP contribution in [0, 0.1) is 0 Å². The predicted octanol–water partition coefficient (Wildman–Crippen LogP) is 2.16. The number of H-pyrrole nitrogens is 1. The lowest BCUT2D eigenvalue weighted by Gasteiger charge is -2.09. The van der Waals surface area contributed by atoms with Crippen LogP contribution < -0.4 is 15.6 Å². The van der Waals surface area contributed by atoms with Gasteiger partial charge in [-0.25, -0.2) is 4.98 Å². The molecule has 120 valence electrons. The van der Waals surface area contributed by atoms with Crippen molar-refractivity contribution in [3.63, 3.8) is 0 Å². The molecule has 3 rings (SSSR count). The highest BCUT2D eigenvalue weighted by Gasteiger charge is 2.10. The largest absolute Gasteiger partial charge is 0.495 e. The van der Waals surface area contributed by atoms with Crippen LogP contribution in [0.25, 0.3) is 5.78 Å². The summed E-state index contributed by atoms with van der Waals surface area (Å²) in [6.45, 7) is 4.42. The van der Waals surface area contributed by atoms with Crippen molar-refractivity contribution >= 4 is 11.5 Å². The summed E-state index contributed by atoms with van der Waals surface area (Å²) < 4.78 is 6.65. The van der Waals surface area contributed by atoms with E-state index in [1.165, 1.54) is 10.6 Å². The highest BCUT2D eigenvalue weighted by atomic mass is 16.5. The van der Waals surface area contributed by atoms with Gasteiger partial charge in [-0.05, 0) is 18.1 Å². The fraction of sp³-hybridized carbons (Fsp3) is 0.312. The van der Waals surface area contributed by atoms with E-state index in [9.17, 15) is 4.79 Å². The van der Waals surface area contributed by atoms with Crippen molar-refractivity contribution < 1.29 is 4.74 Å². The fourth-order valence-corrected chi connectivity index (χ4v) is 2.29. The molecular weight excluding hydrogens is 294 g/mol. The van der Waals surface area contributed by atoms with Gasteiger partial charge in [0.25, 0.3) is 11.3 Å². The van der Waals surface area contributed by atoms with Crippen LogP contribution in [0.1, 0.15) is 31.3 Å². The van der Waals surface area contributed by atoms with Crippen molar-refractivity contribution in [2.75, 3.05) is 12.4 Å². The molecule has 3 aromatic rings. The van der Waals surface area contributed by atoms with Crippen molar-refractivity contribution in [1.29, 1.82) is 0 Å². The minimum Gasteiger partial charge on any atom is -0.495 e. The number of aromatic nitrogens is 4. The van der Waals surface area contributed by atoms with Crippen LogP contribution in [0.2, 0.25) is 0 Å². The number of nitrogens with one attached hydrogen (secondary N) is 2. The smallest absolute Gasteiger partial charge is 0.274 e. The summed E-state index contributed by atoms with van der Waals surface area (Å²) in [5, 5.41) is 6.20. The molecule has 0 unspecified atom stereocenters. The van der Waals surface area contributed by atoms with Crippen molar-refractivity contribution in [2.45, 2.75) is 26.3 Å². The first-order chi connectivity index (χ1) is 11.1. The summed E-state index contributed by atoms with van der Waals surface area (Å²) in [5.74, 6) is 1.94. The molecule has 0 bridgehead atoms. The SMILES string of the molecule is COc1ccccc1NCc1nc2nc(C(C)C)cc(=O)n2[nH]1. The molecule has 0 atom stereocenters. The Morgan fingerprint density at radius 3 is 2.83 bits per heavy atom. The van der Waals surface area contributed by atoms with E-state index >= 15 is 0 Å². The Labute approximate surface area is 133 Å². The Bertz CT molecular complexity index is 882. The number of anilines is 1. The van der Waals surface area contributed by atoms with E-state index in [4.69, 9.17) is 4.74 Å². The lowest BCUT2D eigenvalue weighted by molar-refractivity contribution is 0.416. The number of hydrogen-bond acceptors (Lipinski definition) is 5. The molecule has 2 heterocycles. The van der Waals surface area contributed by atoms with E-state index in [1.807, 2.05) is 38.1 Å². The van der Waals surface area contributed by atoms with E-state index in [-0.39, 0.29) is 11.5 Å². The summed E-state index contributed by atoms with van der Waals surface area (Å²) in [6.07, 6.45) is 0. The Morgan fingerprint density at radius 1 is 1.30 bits per heavy atom. The number of rotatable bonds is 5. The number of nitrogens with zero attached hydrogens (tertiary/aromatic N) is 3. The second kappa shape index (κ2) is 6.12. The minimum absolute atomic E-state index is 0.158. The molecule has 0 amide bonds. The first-order valence-corrected chi connectivity index (χ1v) is 7.44. The van der Waals surface area contributed by atoms with Gasteiger partial charge in [-0.3, -0.25) is 9.89 Å². The number of benzene rings is 1. The summed E-state index contributed by atoms with van der Waals surface area (Å²) >= 11 is 0. The summed E-state index contributed by atoms with van der Waals surface area (Å²) in [5.41, 5.74) is 1.44. The van der Waals surface area contributed by atoms with Crippen LogP contribution in [0.3, 0.4) is 0 Å². The van der Waals surface area contributed by atoms with Gasteiger partial charge in [0.1, 0.15) is 11.6 Å². The number of fused-ring (bicyclic) bond motifs is 1. The van der Waals surface area contributed by atoms with Crippen LogP contribution in [0.15, 0.2) is 35.1 Å². The molecule has 7 nitrogen and oxygen atoms in total. The number of para-hydroxylation sites is 2. The lowest BCUT2D eigenvalue weighted by Crippen LogP contribution is -2.16. The van der Waals surface area contributed by atoms with Crippen LogP contribution in [-0.2, 0) is 6.54 Å². The third-order valence-corrected chi connectivity index (χ3v) is 3.54. The average Bonchev–Trinajstić information content (AvgIpc) is 2.96. The third-order valence-electron chi connectivity index (χ3n) is 3.54. The summed E-state index contributed by atoms with van der Waals surface area (Å²) in [6, 6.07) is 9.16. The van der Waals surface area contributed by atoms with Crippen LogP contribution in [-0.4, -0.2) is 26.7 Å². The maximum Gasteiger partial charge on any atom is 0.274 e. The number of methoxy groups -OCH3 is 1. The van der Waals surface area contributed by atoms with Gasteiger partial charge in [-0.15, -0.1) is 0 Å². The Morgan fingerprint density at radius 2 is 2.09 bits per heavy atom. The predicted molar refractivity (Wildman–Crippen MR) is 88.0 cm³/mol. The topological polar surface area (TPSA) is 84.3 Å². The molecule has 0 saturated heterocycles. The first kappa shape index (κ1) is 15.1. The Hall–Kier alpha value is -2.83. The standard InChI is InChI=1S/C16H19N5O2/c1-10(2)12-8-15(22)21-16(18-12)19-14(20-21)9-17-11-6-4-5-7-13(11)23-3/h4-8,10,17H,9H2,1-3H3,(H,18,19,20). The maximum absolute atomic E-state index is 12.1. The van der Waals surface area contributed by atoms with Crippen LogP contribution in [0.4, 0.5) is 5.69 Å². The highest BCUT2D eigenvalue weighted by Crippen LogP contribution is 2.23. The molecule has 0 aliphatic heterocycles. The summed E-state index contributed by atoms with van der Waals surface area (Å²) in [7, 11) is 1.62. The molecule has 2 N–H and O–H groups in total.